The van der Waals surface area contributed by atoms with Crippen molar-refractivity contribution in [1.29, 1.82) is 0 Å². The smallest absolute Gasteiger partial charge is 0.417 e. The quantitative estimate of drug-likeness (QED) is 0.657. The molecular formula is C20H23F3N2O5S. The summed E-state index contributed by atoms with van der Waals surface area (Å²) in [6, 6.07) is 1.75. The summed E-state index contributed by atoms with van der Waals surface area (Å²) in [4.78, 5) is 26.8. The van der Waals surface area contributed by atoms with E-state index in [0.29, 0.717) is 43.8 Å². The summed E-state index contributed by atoms with van der Waals surface area (Å²) in [6.07, 6.45) is -3.37. The molecule has 0 radical (unpaired) electrons. The van der Waals surface area contributed by atoms with E-state index in [1.165, 1.54) is 19.9 Å². The van der Waals surface area contributed by atoms with Gasteiger partial charge in [0.15, 0.2) is 0 Å². The number of nitrogens with one attached hydrogen (secondary N) is 1. The summed E-state index contributed by atoms with van der Waals surface area (Å²) < 4.78 is 72.5. The van der Waals surface area contributed by atoms with Crippen LogP contribution in [0.25, 0.3) is 0 Å². The topological polar surface area (TPSA) is 92.8 Å². The monoisotopic (exact) mass is 460 g/mol. The lowest BCUT2D eigenvalue weighted by Crippen LogP contribution is -2.40. The molecule has 2 saturated carbocycles. The van der Waals surface area contributed by atoms with Crippen molar-refractivity contribution in [2.75, 3.05) is 24.6 Å². The molecule has 11 heteroatoms. The van der Waals surface area contributed by atoms with Gasteiger partial charge in [-0.3, -0.25) is 4.79 Å². The third-order valence-electron chi connectivity index (χ3n) is 6.31. The van der Waals surface area contributed by atoms with Crippen molar-refractivity contribution in [3.63, 3.8) is 0 Å². The van der Waals surface area contributed by atoms with E-state index in [1.807, 2.05) is 4.72 Å². The van der Waals surface area contributed by atoms with Gasteiger partial charge < -0.3 is 9.64 Å². The zero-order valence-electron chi connectivity index (χ0n) is 17.1. The molecule has 2 atom stereocenters. The van der Waals surface area contributed by atoms with Gasteiger partial charge in [0.25, 0.3) is 5.91 Å². The molecular weight excluding hydrogens is 437 g/mol. The number of benzene rings is 1. The molecule has 1 aromatic carbocycles. The van der Waals surface area contributed by atoms with E-state index in [4.69, 9.17) is 4.74 Å². The van der Waals surface area contributed by atoms with Crippen LogP contribution in [-0.4, -0.2) is 44.7 Å². The van der Waals surface area contributed by atoms with Gasteiger partial charge in [0.2, 0.25) is 10.0 Å². The molecule has 1 aliphatic heterocycles. The van der Waals surface area contributed by atoms with E-state index in [0.717, 1.165) is 6.42 Å². The number of sulfonamides is 1. The number of fused-ring (bicyclic) bond motifs is 1. The van der Waals surface area contributed by atoms with Crippen LogP contribution >= 0.6 is 0 Å². The van der Waals surface area contributed by atoms with Crippen LogP contribution in [0, 0.1) is 11.8 Å². The molecule has 0 bridgehead atoms. The third kappa shape index (κ3) is 3.99. The normalized spacial score (nSPS) is 23.8. The molecule has 1 aromatic rings. The number of nitrogens with zero attached hydrogens (tertiary/aromatic N) is 1. The summed E-state index contributed by atoms with van der Waals surface area (Å²) in [5, 5.41) is 0. The molecule has 1 amide bonds. The fourth-order valence-corrected chi connectivity index (χ4v) is 5.24. The van der Waals surface area contributed by atoms with E-state index >= 15 is 0 Å². The zero-order valence-corrected chi connectivity index (χ0v) is 17.9. The Hall–Kier alpha value is -2.30. The number of ether oxygens (including phenoxy) is 1. The lowest BCUT2D eigenvalue weighted by atomic mass is 9.99. The van der Waals surface area contributed by atoms with Crippen LogP contribution in [-0.2, 0) is 20.9 Å². The predicted octanol–water partition coefficient (Wildman–Crippen LogP) is 2.95. The van der Waals surface area contributed by atoms with Crippen molar-refractivity contribution in [2.24, 2.45) is 11.8 Å². The summed E-state index contributed by atoms with van der Waals surface area (Å²) in [5.74, 6) is -1.63. The fourth-order valence-electron chi connectivity index (χ4n) is 4.01. The van der Waals surface area contributed by atoms with Gasteiger partial charge in [-0.1, -0.05) is 0 Å². The van der Waals surface area contributed by atoms with Crippen molar-refractivity contribution in [3.8, 4) is 0 Å². The maximum Gasteiger partial charge on any atom is 0.417 e. The number of hydrogen-bond acceptors (Lipinski definition) is 6. The van der Waals surface area contributed by atoms with Gasteiger partial charge in [0.1, 0.15) is 0 Å². The van der Waals surface area contributed by atoms with E-state index in [9.17, 15) is 31.2 Å². The van der Waals surface area contributed by atoms with Crippen LogP contribution in [0.1, 0.15) is 59.4 Å². The van der Waals surface area contributed by atoms with Crippen molar-refractivity contribution in [3.05, 3.63) is 28.8 Å². The fraction of sp³-hybridized carbons (Fsp3) is 0.600. The van der Waals surface area contributed by atoms with Gasteiger partial charge in [0.05, 0.1) is 33.7 Å². The number of amides is 1. The molecule has 1 N–H and O–H groups in total. The Balaban J connectivity index is 1.82. The minimum atomic E-state index is -4.99. The first kappa shape index (κ1) is 21.9. The first-order valence-corrected chi connectivity index (χ1v) is 11.6. The highest BCUT2D eigenvalue weighted by Gasteiger charge is 2.52. The van der Waals surface area contributed by atoms with Crippen LogP contribution in [0.15, 0.2) is 12.1 Å². The Morgan fingerprint density at radius 2 is 1.84 bits per heavy atom. The highest BCUT2D eigenvalue weighted by molar-refractivity contribution is 7.91. The molecule has 2 unspecified atom stereocenters. The summed E-state index contributed by atoms with van der Waals surface area (Å²) in [5.41, 5.74) is -2.58. The minimum Gasteiger partial charge on any atom is -0.462 e. The highest BCUT2D eigenvalue weighted by atomic mass is 32.2. The molecule has 0 aromatic heterocycles. The van der Waals surface area contributed by atoms with Gasteiger partial charge in [-0.25, -0.2) is 17.9 Å². The predicted molar refractivity (Wildman–Crippen MR) is 105 cm³/mol. The molecule has 2 aliphatic carbocycles. The Bertz CT molecular complexity index is 1040. The number of anilines is 1. The molecule has 3 fully saturated rings. The van der Waals surface area contributed by atoms with Gasteiger partial charge in [0, 0.05) is 13.1 Å². The SMILES string of the molecule is CCOC(=O)c1cc(N2CC3CC3C2)c(C(=O)NS(=O)(=O)C2(C)CC2)c(C(F)(F)F)c1. The average Bonchev–Trinajstić information content (AvgIpc) is 3.57. The number of halogens is 3. The Labute approximate surface area is 178 Å². The zero-order chi connectivity index (χ0) is 22.8. The summed E-state index contributed by atoms with van der Waals surface area (Å²) in [7, 11) is -4.15. The van der Waals surface area contributed by atoms with Crippen LogP contribution in [0.5, 0.6) is 0 Å². The van der Waals surface area contributed by atoms with Crippen molar-refractivity contribution >= 4 is 27.6 Å². The number of piperidine rings is 1. The molecule has 4 rings (SSSR count). The summed E-state index contributed by atoms with van der Waals surface area (Å²) in [6.45, 7) is 3.83. The molecule has 1 saturated heterocycles. The van der Waals surface area contributed by atoms with Crippen LogP contribution in [0.2, 0.25) is 0 Å². The van der Waals surface area contributed by atoms with Crippen molar-refractivity contribution < 1.29 is 35.9 Å². The first-order chi connectivity index (χ1) is 14.4. The Kier molecular flexibility index (Phi) is 5.03. The average molecular weight is 460 g/mol. The lowest BCUT2D eigenvalue weighted by molar-refractivity contribution is -0.137. The standard InChI is InChI=1S/C20H23F3N2O5S/c1-3-30-18(27)11-7-14(20(21,22)23)16(15(8-11)25-9-12-6-13(12)10-25)17(26)24-31(28,29)19(2)4-5-19/h7-8,12-13H,3-6,9-10H2,1-2H3,(H,24,26). The van der Waals surface area contributed by atoms with Crippen LogP contribution < -0.4 is 9.62 Å². The van der Waals surface area contributed by atoms with Gasteiger partial charge in [-0.15, -0.1) is 0 Å². The molecule has 31 heavy (non-hydrogen) atoms. The summed E-state index contributed by atoms with van der Waals surface area (Å²) >= 11 is 0. The second-order valence-electron chi connectivity index (χ2n) is 8.68. The third-order valence-corrected chi connectivity index (χ3v) is 8.47. The molecule has 0 spiro atoms. The Morgan fingerprint density at radius 1 is 1.23 bits per heavy atom. The van der Waals surface area contributed by atoms with E-state index < -0.39 is 44.0 Å². The molecule has 3 aliphatic rings. The molecule has 7 nitrogen and oxygen atoms in total. The van der Waals surface area contributed by atoms with Gasteiger partial charge >= 0.3 is 12.1 Å². The van der Waals surface area contributed by atoms with E-state index in [2.05, 4.69) is 0 Å². The number of hydrogen-bond donors (Lipinski definition) is 1. The van der Waals surface area contributed by atoms with Crippen LogP contribution in [0.4, 0.5) is 18.9 Å². The van der Waals surface area contributed by atoms with Crippen molar-refractivity contribution in [2.45, 2.75) is 44.0 Å². The van der Waals surface area contributed by atoms with E-state index in [1.54, 1.807) is 4.90 Å². The second-order valence-corrected chi connectivity index (χ2v) is 10.9. The van der Waals surface area contributed by atoms with Gasteiger partial charge in [-0.2, -0.15) is 13.2 Å². The lowest BCUT2D eigenvalue weighted by Gasteiger charge is -2.26. The maximum atomic E-state index is 14.0. The van der Waals surface area contributed by atoms with E-state index in [-0.39, 0.29) is 17.9 Å². The molecule has 170 valence electrons. The largest absolute Gasteiger partial charge is 0.462 e. The number of rotatable bonds is 6. The number of carbonyl (C=O) groups is 2. The number of carbonyl (C=O) groups excluding carboxylic acids is 2. The second kappa shape index (κ2) is 7.11. The van der Waals surface area contributed by atoms with Crippen LogP contribution in [0.3, 0.4) is 0 Å². The maximum absolute atomic E-state index is 14.0. The highest BCUT2D eigenvalue weighted by Crippen LogP contribution is 2.48. The van der Waals surface area contributed by atoms with Crippen molar-refractivity contribution in [1.82, 2.24) is 4.72 Å². The Morgan fingerprint density at radius 3 is 2.35 bits per heavy atom. The number of esters is 1. The van der Waals surface area contributed by atoms with Gasteiger partial charge in [-0.05, 0) is 57.1 Å². The minimum absolute atomic E-state index is 0.0254. The number of alkyl halides is 3. The molecule has 1 heterocycles. The first-order valence-electron chi connectivity index (χ1n) is 10.1.